The lowest BCUT2D eigenvalue weighted by Gasteiger charge is -2.19. The lowest BCUT2D eigenvalue weighted by Crippen LogP contribution is -2.32. The minimum atomic E-state index is -1.10. The number of carboxylic acid groups (broad SMARTS) is 1. The first-order valence-corrected chi connectivity index (χ1v) is 11.1. The number of nitrogens with zero attached hydrogens (tertiary/aromatic N) is 2. The maximum atomic E-state index is 14.5. The summed E-state index contributed by atoms with van der Waals surface area (Å²) in [6.45, 7) is 3.11. The summed E-state index contributed by atoms with van der Waals surface area (Å²) in [5.74, 6) is -2.16. The summed E-state index contributed by atoms with van der Waals surface area (Å²) in [5, 5.41) is 20.2. The van der Waals surface area contributed by atoms with Gasteiger partial charge in [-0.3, -0.25) is 4.79 Å². The molecule has 1 atom stereocenters. The number of halogens is 2. The van der Waals surface area contributed by atoms with Crippen LogP contribution in [-0.2, 0) is 0 Å². The molecule has 2 N–H and O–H groups in total. The van der Waals surface area contributed by atoms with Crippen molar-refractivity contribution in [3.8, 4) is 28.3 Å². The van der Waals surface area contributed by atoms with Gasteiger partial charge in [-0.2, -0.15) is 5.26 Å². The van der Waals surface area contributed by atoms with Crippen molar-refractivity contribution >= 4 is 12.0 Å². The molecule has 8 heteroatoms. The van der Waals surface area contributed by atoms with Crippen LogP contribution in [0.4, 0.5) is 13.6 Å². The Labute approximate surface area is 201 Å². The van der Waals surface area contributed by atoms with E-state index in [-0.39, 0.29) is 23.9 Å². The second kappa shape index (κ2) is 9.94. The molecule has 1 aliphatic heterocycles. The van der Waals surface area contributed by atoms with Crippen molar-refractivity contribution in [1.29, 1.82) is 5.26 Å². The molecule has 4 rings (SSSR count). The van der Waals surface area contributed by atoms with Crippen molar-refractivity contribution in [3.05, 3.63) is 82.9 Å². The Kier molecular flexibility index (Phi) is 6.78. The number of likely N-dealkylation sites (tertiary alicyclic amines) is 1. The van der Waals surface area contributed by atoms with E-state index in [0.717, 1.165) is 23.3 Å². The Balaban J connectivity index is 1.72. The molecule has 1 saturated heterocycles. The molecule has 6 nitrogen and oxygen atoms in total. The van der Waals surface area contributed by atoms with Gasteiger partial charge in [0, 0.05) is 25.2 Å². The van der Waals surface area contributed by atoms with Crippen LogP contribution in [0.15, 0.2) is 54.6 Å². The van der Waals surface area contributed by atoms with E-state index in [1.54, 1.807) is 23.1 Å². The third kappa shape index (κ3) is 5.14. The van der Waals surface area contributed by atoms with Crippen LogP contribution in [0.25, 0.3) is 22.3 Å². The molecule has 3 aromatic rings. The van der Waals surface area contributed by atoms with Gasteiger partial charge >= 0.3 is 6.09 Å². The molecule has 1 aliphatic rings. The van der Waals surface area contributed by atoms with Crippen molar-refractivity contribution in [2.45, 2.75) is 13.3 Å². The van der Waals surface area contributed by atoms with Gasteiger partial charge in [-0.1, -0.05) is 35.9 Å². The zero-order valence-electron chi connectivity index (χ0n) is 19.0. The second-order valence-corrected chi connectivity index (χ2v) is 8.65. The van der Waals surface area contributed by atoms with Crippen molar-refractivity contribution in [1.82, 2.24) is 10.2 Å². The van der Waals surface area contributed by atoms with E-state index in [4.69, 9.17) is 10.4 Å². The van der Waals surface area contributed by atoms with Crippen LogP contribution in [0, 0.1) is 35.8 Å². The number of nitriles is 1. The predicted octanol–water partition coefficient (Wildman–Crippen LogP) is 5.21. The summed E-state index contributed by atoms with van der Waals surface area (Å²) in [4.78, 5) is 25.6. The topological polar surface area (TPSA) is 93.4 Å². The highest BCUT2D eigenvalue weighted by atomic mass is 19.1. The number of rotatable bonds is 5. The van der Waals surface area contributed by atoms with Crippen LogP contribution < -0.4 is 5.32 Å². The Morgan fingerprint density at radius 1 is 1.06 bits per heavy atom. The highest BCUT2D eigenvalue weighted by Gasteiger charge is 2.28. The molecule has 0 bridgehead atoms. The van der Waals surface area contributed by atoms with Crippen molar-refractivity contribution in [2.24, 2.45) is 5.92 Å². The highest BCUT2D eigenvalue weighted by Crippen LogP contribution is 2.35. The molecule has 0 saturated carbocycles. The molecule has 1 heterocycles. The first kappa shape index (κ1) is 23.9. The zero-order chi connectivity index (χ0) is 25.1. The number of benzene rings is 3. The summed E-state index contributed by atoms with van der Waals surface area (Å²) < 4.78 is 29.0. The van der Waals surface area contributed by atoms with Crippen LogP contribution in [0.3, 0.4) is 0 Å². The molecule has 0 aromatic heterocycles. The molecule has 1 fully saturated rings. The smallest absolute Gasteiger partial charge is 0.404 e. The van der Waals surface area contributed by atoms with E-state index in [9.17, 15) is 18.4 Å². The van der Waals surface area contributed by atoms with E-state index in [1.165, 1.54) is 6.07 Å². The molecule has 3 aromatic carbocycles. The number of hydrogen-bond acceptors (Lipinski definition) is 3. The molecular weight excluding hydrogens is 452 g/mol. The zero-order valence-corrected chi connectivity index (χ0v) is 19.0. The summed E-state index contributed by atoms with van der Waals surface area (Å²) in [6.07, 6.45) is -0.431. The molecule has 0 spiro atoms. The van der Waals surface area contributed by atoms with Crippen LogP contribution in [0.2, 0.25) is 0 Å². The van der Waals surface area contributed by atoms with Gasteiger partial charge in [0.2, 0.25) is 0 Å². The van der Waals surface area contributed by atoms with E-state index < -0.39 is 23.3 Å². The second-order valence-electron chi connectivity index (χ2n) is 8.65. The Morgan fingerprint density at radius 2 is 1.74 bits per heavy atom. The SMILES string of the molecule is Cc1ccc(-c2ccc(C(=O)N3CC[C@@H](CNC(=O)O)C3)cc2-c2cc(F)c(C#N)c(F)c2)cc1. The minimum Gasteiger partial charge on any atom is -0.465 e. The van der Waals surface area contributed by atoms with E-state index in [1.807, 2.05) is 31.2 Å². The average Bonchev–Trinajstić information content (AvgIpc) is 3.31. The molecule has 2 amide bonds. The van der Waals surface area contributed by atoms with Gasteiger partial charge in [-0.25, -0.2) is 13.6 Å². The summed E-state index contributed by atoms with van der Waals surface area (Å²) in [5.41, 5.74) is 2.94. The van der Waals surface area contributed by atoms with Gasteiger partial charge in [-0.15, -0.1) is 0 Å². The fraction of sp³-hybridized carbons (Fsp3) is 0.222. The maximum absolute atomic E-state index is 14.5. The summed E-state index contributed by atoms with van der Waals surface area (Å²) >= 11 is 0. The third-order valence-electron chi connectivity index (χ3n) is 6.21. The molecule has 178 valence electrons. The van der Waals surface area contributed by atoms with Crippen LogP contribution in [-0.4, -0.2) is 41.6 Å². The Morgan fingerprint density at radius 3 is 2.37 bits per heavy atom. The van der Waals surface area contributed by atoms with Crippen molar-refractivity contribution in [2.75, 3.05) is 19.6 Å². The number of hydrogen-bond donors (Lipinski definition) is 2. The standard InChI is InChI=1S/C27H23F2N3O3/c1-16-2-4-18(5-3-16)21-7-6-19(26(33)32-9-8-17(15-32)14-31-27(34)35)10-22(21)20-11-24(28)23(13-30)25(29)12-20/h2-7,10-12,17,31H,8-9,14-15H2,1H3,(H,34,35)/t17-/m0/s1. The molecular formula is C27H23F2N3O3. The number of amides is 2. The summed E-state index contributed by atoms with van der Waals surface area (Å²) in [6, 6.07) is 16.4. The largest absolute Gasteiger partial charge is 0.465 e. The number of carbonyl (C=O) groups excluding carboxylic acids is 1. The fourth-order valence-electron chi connectivity index (χ4n) is 4.33. The van der Waals surface area contributed by atoms with E-state index in [0.29, 0.717) is 36.2 Å². The average molecular weight is 475 g/mol. The van der Waals surface area contributed by atoms with Gasteiger partial charge in [0.15, 0.2) is 0 Å². The number of aryl methyl sites for hydroxylation is 1. The lowest BCUT2D eigenvalue weighted by molar-refractivity contribution is 0.0787. The minimum absolute atomic E-state index is 0.0167. The van der Waals surface area contributed by atoms with Crippen molar-refractivity contribution in [3.63, 3.8) is 0 Å². The van der Waals surface area contributed by atoms with Gasteiger partial charge < -0.3 is 15.3 Å². The molecule has 0 radical (unpaired) electrons. The third-order valence-corrected chi connectivity index (χ3v) is 6.21. The summed E-state index contributed by atoms with van der Waals surface area (Å²) in [7, 11) is 0. The number of nitrogens with one attached hydrogen (secondary N) is 1. The van der Waals surface area contributed by atoms with E-state index >= 15 is 0 Å². The van der Waals surface area contributed by atoms with E-state index in [2.05, 4.69) is 5.32 Å². The van der Waals surface area contributed by atoms with Gasteiger partial charge in [0.1, 0.15) is 23.3 Å². The van der Waals surface area contributed by atoms with Gasteiger partial charge in [0.25, 0.3) is 5.91 Å². The van der Waals surface area contributed by atoms with Gasteiger partial charge in [0.05, 0.1) is 0 Å². The molecule has 0 unspecified atom stereocenters. The maximum Gasteiger partial charge on any atom is 0.404 e. The van der Waals surface area contributed by atoms with Gasteiger partial charge in [-0.05, 0) is 65.8 Å². The molecule has 0 aliphatic carbocycles. The quantitative estimate of drug-likeness (QED) is 0.530. The number of carbonyl (C=O) groups is 2. The lowest BCUT2D eigenvalue weighted by atomic mass is 9.91. The normalized spacial score (nSPS) is 15.0. The molecule has 35 heavy (non-hydrogen) atoms. The monoisotopic (exact) mass is 475 g/mol. The van der Waals surface area contributed by atoms with Crippen LogP contribution in [0.5, 0.6) is 0 Å². The first-order valence-electron chi connectivity index (χ1n) is 11.1. The highest BCUT2D eigenvalue weighted by molar-refractivity contribution is 5.98. The van der Waals surface area contributed by atoms with Crippen LogP contribution >= 0.6 is 0 Å². The Bertz CT molecular complexity index is 1310. The Hall–Kier alpha value is -4.25. The first-order chi connectivity index (χ1) is 16.8. The van der Waals surface area contributed by atoms with Crippen LogP contribution in [0.1, 0.15) is 27.9 Å². The predicted molar refractivity (Wildman–Crippen MR) is 127 cm³/mol. The fourth-order valence-corrected chi connectivity index (χ4v) is 4.33. The van der Waals surface area contributed by atoms with Crippen molar-refractivity contribution < 1.29 is 23.5 Å².